The van der Waals surface area contributed by atoms with Crippen molar-refractivity contribution in [2.24, 2.45) is 0 Å². The molecule has 2 aromatic heterocycles. The zero-order valence-corrected chi connectivity index (χ0v) is 18.1. The Balaban J connectivity index is 1.67. The van der Waals surface area contributed by atoms with Gasteiger partial charge in [0.05, 0.1) is 22.5 Å². The monoisotopic (exact) mass is 435 g/mol. The van der Waals surface area contributed by atoms with Gasteiger partial charge in [-0.15, -0.1) is 0 Å². The van der Waals surface area contributed by atoms with Gasteiger partial charge in [-0.25, -0.2) is 17.9 Å². The molecule has 8 nitrogen and oxygen atoms in total. The third-order valence-corrected chi connectivity index (χ3v) is 6.61. The summed E-state index contributed by atoms with van der Waals surface area (Å²) in [5.41, 5.74) is 3.49. The number of hydrogen-bond donors (Lipinski definition) is 1. The number of anilines is 2. The van der Waals surface area contributed by atoms with E-state index in [-0.39, 0.29) is 10.8 Å². The van der Waals surface area contributed by atoms with Crippen molar-refractivity contribution in [2.45, 2.75) is 18.7 Å². The van der Waals surface area contributed by atoms with Gasteiger partial charge in [-0.2, -0.15) is 5.10 Å². The lowest BCUT2D eigenvalue weighted by Crippen LogP contribution is -2.26. The average molecular weight is 436 g/mol. The van der Waals surface area contributed by atoms with Crippen molar-refractivity contribution in [1.29, 1.82) is 0 Å². The predicted molar refractivity (Wildman–Crippen MR) is 119 cm³/mol. The molecule has 0 aliphatic heterocycles. The number of sulfonamides is 1. The highest BCUT2D eigenvalue weighted by Crippen LogP contribution is 2.27. The third kappa shape index (κ3) is 4.13. The van der Waals surface area contributed by atoms with Crippen LogP contribution in [-0.4, -0.2) is 36.0 Å². The van der Waals surface area contributed by atoms with E-state index in [2.05, 4.69) is 15.4 Å². The molecular weight excluding hydrogens is 414 g/mol. The Kier molecular flexibility index (Phi) is 5.20. The number of amides is 1. The smallest absolute Gasteiger partial charge is 0.264 e. The molecular formula is C22H21N5O3S. The van der Waals surface area contributed by atoms with Crippen LogP contribution < -0.4 is 9.62 Å². The number of imidazole rings is 1. The van der Waals surface area contributed by atoms with Crippen LogP contribution in [0.4, 0.5) is 11.5 Å². The first-order valence-electron chi connectivity index (χ1n) is 9.54. The molecule has 0 radical (unpaired) electrons. The van der Waals surface area contributed by atoms with E-state index in [4.69, 9.17) is 0 Å². The van der Waals surface area contributed by atoms with Gasteiger partial charge >= 0.3 is 0 Å². The van der Waals surface area contributed by atoms with Crippen molar-refractivity contribution < 1.29 is 13.2 Å². The molecule has 31 heavy (non-hydrogen) atoms. The highest BCUT2D eigenvalue weighted by atomic mass is 32.2. The molecule has 1 N–H and O–H groups in total. The minimum absolute atomic E-state index is 0.214. The third-order valence-electron chi connectivity index (χ3n) is 4.81. The summed E-state index contributed by atoms with van der Waals surface area (Å²) in [6.45, 7) is 3.32. The number of carbonyl (C=O) groups is 1. The maximum Gasteiger partial charge on any atom is 0.264 e. The van der Waals surface area contributed by atoms with Crippen LogP contribution in [0.3, 0.4) is 0 Å². The van der Waals surface area contributed by atoms with Crippen LogP contribution >= 0.6 is 0 Å². The molecule has 0 saturated carbocycles. The van der Waals surface area contributed by atoms with Gasteiger partial charge in [0.1, 0.15) is 0 Å². The Morgan fingerprint density at radius 2 is 1.81 bits per heavy atom. The van der Waals surface area contributed by atoms with Crippen LogP contribution in [-0.2, 0) is 14.8 Å². The molecule has 158 valence electrons. The van der Waals surface area contributed by atoms with E-state index < -0.39 is 10.0 Å². The van der Waals surface area contributed by atoms with Gasteiger partial charge in [0.2, 0.25) is 5.91 Å². The molecule has 0 unspecified atom stereocenters. The van der Waals surface area contributed by atoms with Gasteiger partial charge in [0.25, 0.3) is 10.0 Å². The van der Waals surface area contributed by atoms with Crippen LogP contribution in [0, 0.1) is 6.92 Å². The second-order valence-corrected chi connectivity index (χ2v) is 9.13. The Labute approximate surface area is 180 Å². The molecule has 4 aromatic rings. The molecule has 9 heteroatoms. The molecule has 0 spiro atoms. The minimum atomic E-state index is -3.69. The number of nitrogens with zero attached hydrogens (tertiary/aromatic N) is 4. The fourth-order valence-corrected chi connectivity index (χ4v) is 4.33. The number of fused-ring (bicyclic) bond motifs is 1. The van der Waals surface area contributed by atoms with E-state index >= 15 is 0 Å². The van der Waals surface area contributed by atoms with E-state index in [9.17, 15) is 13.2 Å². The van der Waals surface area contributed by atoms with Crippen LogP contribution in [0.15, 0.2) is 71.8 Å². The van der Waals surface area contributed by atoms with E-state index in [1.807, 2.05) is 13.0 Å². The summed E-state index contributed by atoms with van der Waals surface area (Å²) in [6, 6.07) is 17.5. The molecule has 0 fully saturated rings. The molecule has 0 atom stereocenters. The van der Waals surface area contributed by atoms with E-state index in [0.717, 1.165) is 11.1 Å². The zero-order chi connectivity index (χ0) is 22.2. The highest BCUT2D eigenvalue weighted by molar-refractivity contribution is 7.92. The van der Waals surface area contributed by atoms with Gasteiger partial charge in [0, 0.05) is 19.5 Å². The van der Waals surface area contributed by atoms with Crippen molar-refractivity contribution in [3.05, 3.63) is 72.4 Å². The van der Waals surface area contributed by atoms with Gasteiger partial charge in [-0.3, -0.25) is 9.10 Å². The van der Waals surface area contributed by atoms with E-state index in [1.54, 1.807) is 65.3 Å². The van der Waals surface area contributed by atoms with Crippen molar-refractivity contribution >= 4 is 33.1 Å². The van der Waals surface area contributed by atoms with Crippen LogP contribution in [0.2, 0.25) is 0 Å². The number of carbonyl (C=O) groups excluding carboxylic acids is 1. The Morgan fingerprint density at radius 1 is 1.06 bits per heavy atom. The maximum atomic E-state index is 13.0. The van der Waals surface area contributed by atoms with Crippen molar-refractivity contribution in [1.82, 2.24) is 14.6 Å². The van der Waals surface area contributed by atoms with Crippen molar-refractivity contribution in [3.8, 4) is 11.3 Å². The fourth-order valence-electron chi connectivity index (χ4n) is 3.14. The predicted octanol–water partition coefficient (Wildman–Crippen LogP) is 3.49. The highest BCUT2D eigenvalue weighted by Gasteiger charge is 2.21. The number of benzene rings is 2. The van der Waals surface area contributed by atoms with Crippen molar-refractivity contribution in [3.63, 3.8) is 0 Å². The fraction of sp³-hybridized carbons (Fsp3) is 0.136. The Morgan fingerprint density at radius 3 is 2.52 bits per heavy atom. The van der Waals surface area contributed by atoms with Crippen LogP contribution in [0.5, 0.6) is 0 Å². The first-order valence-corrected chi connectivity index (χ1v) is 11.0. The van der Waals surface area contributed by atoms with Gasteiger partial charge in [-0.05, 0) is 43.3 Å². The molecule has 1 amide bonds. The summed E-state index contributed by atoms with van der Waals surface area (Å²) in [5.74, 6) is 0.198. The molecule has 4 rings (SSSR count). The van der Waals surface area contributed by atoms with Crippen molar-refractivity contribution in [2.75, 3.05) is 16.7 Å². The molecule has 0 saturated heterocycles. The normalized spacial score (nSPS) is 11.5. The molecule has 0 aliphatic rings. The van der Waals surface area contributed by atoms with Gasteiger partial charge in [-0.1, -0.05) is 29.8 Å². The second-order valence-electron chi connectivity index (χ2n) is 7.16. The first kappa shape index (κ1) is 20.5. The quantitative estimate of drug-likeness (QED) is 0.518. The zero-order valence-electron chi connectivity index (χ0n) is 17.3. The lowest BCUT2D eigenvalue weighted by Gasteiger charge is -2.20. The summed E-state index contributed by atoms with van der Waals surface area (Å²) in [7, 11) is -2.16. The van der Waals surface area contributed by atoms with E-state index in [0.29, 0.717) is 22.8 Å². The number of nitrogens with one attached hydrogen (secondary N) is 1. The Hall–Kier alpha value is -3.72. The second kappa shape index (κ2) is 7.84. The largest absolute Gasteiger partial charge is 0.310 e. The lowest BCUT2D eigenvalue weighted by atomic mass is 10.1. The molecule has 0 bridgehead atoms. The topological polar surface area (TPSA) is 96.7 Å². The summed E-state index contributed by atoms with van der Waals surface area (Å²) < 4.78 is 28.9. The lowest BCUT2D eigenvalue weighted by molar-refractivity contribution is -0.114. The summed E-state index contributed by atoms with van der Waals surface area (Å²) >= 11 is 0. The average Bonchev–Trinajstić information content (AvgIpc) is 3.14. The molecule has 2 aromatic carbocycles. The standard InChI is InChI=1S/C22H21N5O3S/c1-15-7-9-19(10-8-15)31(29,30)26(3)18-6-4-5-17(13-18)20-11-12-22-24-21(23-16(2)28)14-27(22)25-20/h4-14H,1-3H3,(H,23,28). The minimum Gasteiger partial charge on any atom is -0.310 e. The molecule has 0 aliphatic carbocycles. The SMILES string of the molecule is CC(=O)Nc1cn2nc(-c3cccc(N(C)S(=O)(=O)c4ccc(C)cc4)c3)ccc2n1. The summed E-state index contributed by atoms with van der Waals surface area (Å²) in [6.07, 6.45) is 1.62. The summed E-state index contributed by atoms with van der Waals surface area (Å²) in [5, 5.41) is 7.17. The van der Waals surface area contributed by atoms with Gasteiger partial charge < -0.3 is 5.32 Å². The maximum absolute atomic E-state index is 13.0. The van der Waals surface area contributed by atoms with Gasteiger partial charge in [0.15, 0.2) is 11.5 Å². The van der Waals surface area contributed by atoms with Crippen LogP contribution in [0.25, 0.3) is 16.9 Å². The summed E-state index contributed by atoms with van der Waals surface area (Å²) in [4.78, 5) is 15.8. The number of rotatable bonds is 5. The van der Waals surface area contributed by atoms with Crippen LogP contribution in [0.1, 0.15) is 12.5 Å². The number of aryl methyl sites for hydroxylation is 1. The van der Waals surface area contributed by atoms with E-state index in [1.165, 1.54) is 18.3 Å². The number of aromatic nitrogens is 3. The first-order chi connectivity index (χ1) is 14.7. The number of hydrogen-bond acceptors (Lipinski definition) is 5. The Bertz CT molecular complexity index is 1380. The molecule has 2 heterocycles.